The van der Waals surface area contributed by atoms with Crippen LogP contribution in [0.3, 0.4) is 0 Å². The second kappa shape index (κ2) is 5.98. The first-order valence-corrected chi connectivity index (χ1v) is 5.61. The first-order valence-electron chi connectivity index (χ1n) is 5.61. The predicted octanol–water partition coefficient (Wildman–Crippen LogP) is 3.47. The standard InChI is InChI=1S/C15H14FNO/c1-18-17-15(13-5-3-2-4-6-13)11-12-7-9-14(16)10-8-12/h2-11,17H,1H3. The van der Waals surface area contributed by atoms with E-state index in [-0.39, 0.29) is 5.82 Å². The Bertz CT molecular complexity index is 520. The Labute approximate surface area is 106 Å². The number of hydrogen-bond donors (Lipinski definition) is 1. The van der Waals surface area contributed by atoms with Crippen molar-refractivity contribution < 1.29 is 9.23 Å². The lowest BCUT2D eigenvalue weighted by atomic mass is 10.1. The van der Waals surface area contributed by atoms with Gasteiger partial charge in [-0.3, -0.25) is 10.3 Å². The molecule has 0 heterocycles. The Balaban J connectivity index is 2.33. The van der Waals surface area contributed by atoms with Crippen LogP contribution in [0, 0.1) is 5.82 Å². The maximum atomic E-state index is 12.8. The highest BCUT2D eigenvalue weighted by Crippen LogP contribution is 2.15. The summed E-state index contributed by atoms with van der Waals surface area (Å²) >= 11 is 0. The third kappa shape index (κ3) is 3.18. The average molecular weight is 243 g/mol. The Kier molecular flexibility index (Phi) is 4.10. The molecule has 0 atom stereocenters. The van der Waals surface area contributed by atoms with E-state index >= 15 is 0 Å². The average Bonchev–Trinajstić information content (AvgIpc) is 2.42. The summed E-state index contributed by atoms with van der Waals surface area (Å²) in [7, 11) is 1.56. The van der Waals surface area contributed by atoms with Crippen LogP contribution in [-0.4, -0.2) is 7.11 Å². The smallest absolute Gasteiger partial charge is 0.123 e. The third-order valence-electron chi connectivity index (χ3n) is 2.48. The quantitative estimate of drug-likeness (QED) is 0.655. The van der Waals surface area contributed by atoms with Gasteiger partial charge in [0.15, 0.2) is 0 Å². The monoisotopic (exact) mass is 243 g/mol. The molecule has 0 radical (unpaired) electrons. The SMILES string of the molecule is CONC(=Cc1ccc(F)cc1)c1ccccc1. The van der Waals surface area contributed by atoms with E-state index in [9.17, 15) is 4.39 Å². The van der Waals surface area contributed by atoms with Crippen molar-refractivity contribution in [3.05, 3.63) is 71.5 Å². The van der Waals surface area contributed by atoms with Gasteiger partial charge in [0.2, 0.25) is 0 Å². The molecular weight excluding hydrogens is 229 g/mol. The van der Waals surface area contributed by atoms with Gasteiger partial charge in [-0.15, -0.1) is 0 Å². The molecule has 0 saturated carbocycles. The van der Waals surface area contributed by atoms with Crippen molar-refractivity contribution in [1.82, 2.24) is 5.48 Å². The molecule has 2 nitrogen and oxygen atoms in total. The molecular formula is C15H14FNO. The maximum Gasteiger partial charge on any atom is 0.123 e. The molecule has 0 aromatic heterocycles. The molecule has 0 bridgehead atoms. The molecule has 92 valence electrons. The van der Waals surface area contributed by atoms with Crippen molar-refractivity contribution in [2.24, 2.45) is 0 Å². The third-order valence-corrected chi connectivity index (χ3v) is 2.48. The zero-order chi connectivity index (χ0) is 12.8. The zero-order valence-corrected chi connectivity index (χ0v) is 10.1. The molecule has 0 unspecified atom stereocenters. The molecule has 3 heteroatoms. The number of nitrogens with one attached hydrogen (secondary N) is 1. The van der Waals surface area contributed by atoms with Crippen molar-refractivity contribution in [2.75, 3.05) is 7.11 Å². The summed E-state index contributed by atoms with van der Waals surface area (Å²) in [5.41, 5.74) is 5.56. The minimum absolute atomic E-state index is 0.242. The number of hydrogen-bond acceptors (Lipinski definition) is 2. The van der Waals surface area contributed by atoms with E-state index in [1.54, 1.807) is 19.2 Å². The van der Waals surface area contributed by atoms with E-state index < -0.39 is 0 Å². The van der Waals surface area contributed by atoms with Crippen molar-refractivity contribution in [3.63, 3.8) is 0 Å². The summed E-state index contributed by atoms with van der Waals surface area (Å²) in [6, 6.07) is 16.1. The first kappa shape index (κ1) is 12.3. The van der Waals surface area contributed by atoms with Crippen molar-refractivity contribution in [2.45, 2.75) is 0 Å². The fourth-order valence-electron chi connectivity index (χ4n) is 1.63. The number of benzene rings is 2. The fraction of sp³-hybridized carbons (Fsp3) is 0.0667. The summed E-state index contributed by atoms with van der Waals surface area (Å²) in [5, 5.41) is 0. The number of halogens is 1. The van der Waals surface area contributed by atoms with Crippen LogP contribution in [0.15, 0.2) is 54.6 Å². The molecule has 2 aromatic rings. The van der Waals surface area contributed by atoms with Gasteiger partial charge in [0.25, 0.3) is 0 Å². The van der Waals surface area contributed by atoms with Crippen LogP contribution < -0.4 is 5.48 Å². The summed E-state index contributed by atoms with van der Waals surface area (Å²) in [6.07, 6.45) is 1.90. The van der Waals surface area contributed by atoms with Crippen LogP contribution in [0.1, 0.15) is 11.1 Å². The van der Waals surface area contributed by atoms with Crippen LogP contribution in [0.2, 0.25) is 0 Å². The summed E-state index contributed by atoms with van der Waals surface area (Å²) in [4.78, 5) is 4.96. The fourth-order valence-corrected chi connectivity index (χ4v) is 1.63. The van der Waals surface area contributed by atoms with Gasteiger partial charge >= 0.3 is 0 Å². The Morgan fingerprint density at radius 2 is 1.72 bits per heavy atom. The topological polar surface area (TPSA) is 21.3 Å². The van der Waals surface area contributed by atoms with Crippen LogP contribution in [-0.2, 0) is 4.84 Å². The van der Waals surface area contributed by atoms with Gasteiger partial charge < -0.3 is 0 Å². The molecule has 0 spiro atoms. The summed E-state index contributed by atoms with van der Waals surface area (Å²) < 4.78 is 12.8. The molecule has 18 heavy (non-hydrogen) atoms. The predicted molar refractivity (Wildman–Crippen MR) is 70.9 cm³/mol. The molecule has 0 saturated heterocycles. The lowest BCUT2D eigenvalue weighted by Gasteiger charge is -2.09. The zero-order valence-electron chi connectivity index (χ0n) is 10.1. The van der Waals surface area contributed by atoms with Gasteiger partial charge in [0, 0.05) is 0 Å². The van der Waals surface area contributed by atoms with Gasteiger partial charge in [-0.2, -0.15) is 0 Å². The molecule has 0 amide bonds. The van der Waals surface area contributed by atoms with Crippen LogP contribution >= 0.6 is 0 Å². The van der Waals surface area contributed by atoms with E-state index in [4.69, 9.17) is 4.84 Å². The molecule has 0 aliphatic carbocycles. The van der Waals surface area contributed by atoms with Crippen molar-refractivity contribution >= 4 is 11.8 Å². The highest BCUT2D eigenvalue weighted by Gasteiger charge is 2.00. The van der Waals surface area contributed by atoms with E-state index in [0.29, 0.717) is 0 Å². The second-order valence-corrected chi connectivity index (χ2v) is 3.78. The van der Waals surface area contributed by atoms with E-state index in [0.717, 1.165) is 16.8 Å². The van der Waals surface area contributed by atoms with Gasteiger partial charge in [-0.1, -0.05) is 42.5 Å². The highest BCUT2D eigenvalue weighted by molar-refractivity contribution is 5.79. The summed E-state index contributed by atoms with van der Waals surface area (Å²) in [6.45, 7) is 0. The minimum Gasteiger partial charge on any atom is -0.279 e. The van der Waals surface area contributed by atoms with Crippen LogP contribution in [0.4, 0.5) is 4.39 Å². The Morgan fingerprint density at radius 1 is 1.06 bits per heavy atom. The van der Waals surface area contributed by atoms with Gasteiger partial charge in [0.05, 0.1) is 12.8 Å². The molecule has 1 N–H and O–H groups in total. The van der Waals surface area contributed by atoms with Crippen molar-refractivity contribution in [3.8, 4) is 0 Å². The van der Waals surface area contributed by atoms with E-state index in [2.05, 4.69) is 5.48 Å². The largest absolute Gasteiger partial charge is 0.279 e. The second-order valence-electron chi connectivity index (χ2n) is 3.78. The van der Waals surface area contributed by atoms with Gasteiger partial charge in [0.1, 0.15) is 5.82 Å². The highest BCUT2D eigenvalue weighted by atomic mass is 19.1. The summed E-state index contributed by atoms with van der Waals surface area (Å²) in [5.74, 6) is -0.242. The number of hydroxylamine groups is 1. The molecule has 2 rings (SSSR count). The lowest BCUT2D eigenvalue weighted by molar-refractivity contribution is 0.137. The minimum atomic E-state index is -0.242. The van der Waals surface area contributed by atoms with Crippen molar-refractivity contribution in [1.29, 1.82) is 0 Å². The van der Waals surface area contributed by atoms with Crippen LogP contribution in [0.5, 0.6) is 0 Å². The maximum absolute atomic E-state index is 12.8. The Morgan fingerprint density at radius 3 is 2.33 bits per heavy atom. The first-order chi connectivity index (χ1) is 8.79. The molecule has 0 fully saturated rings. The van der Waals surface area contributed by atoms with Gasteiger partial charge in [-0.25, -0.2) is 4.39 Å². The molecule has 2 aromatic carbocycles. The molecule has 0 aliphatic rings. The number of rotatable bonds is 4. The van der Waals surface area contributed by atoms with Crippen LogP contribution in [0.25, 0.3) is 11.8 Å². The van der Waals surface area contributed by atoms with E-state index in [1.807, 2.05) is 36.4 Å². The molecule has 0 aliphatic heterocycles. The Hall–Kier alpha value is -2.13. The van der Waals surface area contributed by atoms with E-state index in [1.165, 1.54) is 12.1 Å². The van der Waals surface area contributed by atoms with Gasteiger partial charge in [-0.05, 0) is 29.3 Å². The normalized spacial score (nSPS) is 11.3. The lowest BCUT2D eigenvalue weighted by Crippen LogP contribution is -2.09.